The number of hydrogen-bond donors (Lipinski definition) is 3. The number of rotatable bonds is 6. The molecule has 0 spiro atoms. The average Bonchev–Trinajstić information content (AvgIpc) is 2.37. The van der Waals surface area contributed by atoms with E-state index >= 15 is 0 Å². The van der Waals surface area contributed by atoms with Gasteiger partial charge in [-0.25, -0.2) is 0 Å². The van der Waals surface area contributed by atoms with Crippen LogP contribution in [0.4, 0.5) is 13.2 Å². The number of amidine groups is 1. The predicted octanol–water partition coefficient (Wildman–Crippen LogP) is 2.87. The van der Waals surface area contributed by atoms with Crippen LogP contribution in [0.5, 0.6) is 0 Å². The normalized spacial score (nSPS) is 12.7. The molecule has 0 aromatic heterocycles. The molecule has 1 rings (SSSR count). The first-order valence-electron chi connectivity index (χ1n) is 5.87. The van der Waals surface area contributed by atoms with E-state index in [0.29, 0.717) is 17.1 Å². The van der Waals surface area contributed by atoms with Gasteiger partial charge in [0.2, 0.25) is 0 Å². The van der Waals surface area contributed by atoms with Crippen molar-refractivity contribution in [1.82, 2.24) is 5.32 Å². The van der Waals surface area contributed by atoms with Crippen molar-refractivity contribution in [1.29, 1.82) is 0 Å². The van der Waals surface area contributed by atoms with E-state index in [1.165, 1.54) is 6.07 Å². The maximum Gasteiger partial charge on any atom is 0.389 e. The van der Waals surface area contributed by atoms with Crippen LogP contribution in [0, 0.1) is 0 Å². The molecule has 0 aliphatic rings. The molecule has 8 heteroatoms. The quantitative estimate of drug-likeness (QED) is 0.249. The molecule has 4 nitrogen and oxygen atoms in total. The van der Waals surface area contributed by atoms with Gasteiger partial charge in [0.15, 0.2) is 5.84 Å². The van der Waals surface area contributed by atoms with Gasteiger partial charge >= 0.3 is 6.18 Å². The molecule has 0 aliphatic heterocycles. The first kappa shape index (κ1) is 16.6. The number of nitrogens with two attached hydrogens (primary N) is 1. The molecule has 0 saturated heterocycles. The molecule has 1 aromatic rings. The molecule has 0 bridgehead atoms. The molecular weight excluding hydrogens is 295 g/mol. The maximum absolute atomic E-state index is 11.9. The lowest BCUT2D eigenvalue weighted by molar-refractivity contribution is -0.135. The van der Waals surface area contributed by atoms with Crippen LogP contribution in [0.25, 0.3) is 0 Å². The van der Waals surface area contributed by atoms with Crippen molar-refractivity contribution in [3.05, 3.63) is 34.3 Å². The lowest BCUT2D eigenvalue weighted by Crippen LogP contribution is -2.18. The van der Waals surface area contributed by atoms with E-state index in [9.17, 15) is 13.2 Å². The van der Waals surface area contributed by atoms with E-state index in [1.807, 2.05) is 0 Å². The Labute approximate surface area is 119 Å². The van der Waals surface area contributed by atoms with E-state index in [-0.39, 0.29) is 18.8 Å². The highest BCUT2D eigenvalue weighted by Gasteiger charge is 2.25. The molecule has 0 unspecified atom stereocenters. The van der Waals surface area contributed by atoms with Crippen LogP contribution >= 0.6 is 11.6 Å². The van der Waals surface area contributed by atoms with Gasteiger partial charge in [0.1, 0.15) is 0 Å². The minimum Gasteiger partial charge on any atom is -0.409 e. The van der Waals surface area contributed by atoms with Crippen molar-refractivity contribution in [2.75, 3.05) is 6.54 Å². The second-order valence-corrected chi connectivity index (χ2v) is 4.59. The van der Waals surface area contributed by atoms with E-state index in [2.05, 4.69) is 10.5 Å². The Hall–Kier alpha value is -1.47. The smallest absolute Gasteiger partial charge is 0.389 e. The van der Waals surface area contributed by atoms with Crippen LogP contribution in [0.15, 0.2) is 23.4 Å². The first-order chi connectivity index (χ1) is 9.33. The van der Waals surface area contributed by atoms with Gasteiger partial charge in [-0.05, 0) is 24.6 Å². The van der Waals surface area contributed by atoms with Crippen molar-refractivity contribution in [3.63, 3.8) is 0 Å². The molecule has 4 N–H and O–H groups in total. The van der Waals surface area contributed by atoms with Crippen molar-refractivity contribution < 1.29 is 18.4 Å². The summed E-state index contributed by atoms with van der Waals surface area (Å²) < 4.78 is 35.8. The topological polar surface area (TPSA) is 70.6 Å². The molecule has 112 valence electrons. The molecule has 0 saturated carbocycles. The Bertz CT molecular complexity index is 478. The highest BCUT2D eigenvalue weighted by Crippen LogP contribution is 2.21. The van der Waals surface area contributed by atoms with Gasteiger partial charge in [-0.2, -0.15) is 13.2 Å². The zero-order valence-electron chi connectivity index (χ0n) is 10.5. The van der Waals surface area contributed by atoms with Crippen LogP contribution in [0.1, 0.15) is 24.0 Å². The van der Waals surface area contributed by atoms with Gasteiger partial charge in [-0.3, -0.25) is 0 Å². The minimum absolute atomic E-state index is 0.0172. The molecule has 0 amide bonds. The molecule has 20 heavy (non-hydrogen) atoms. The zero-order chi connectivity index (χ0) is 15.2. The summed E-state index contributed by atoms with van der Waals surface area (Å²) in [5.41, 5.74) is 6.61. The number of alkyl halides is 3. The molecule has 0 aliphatic carbocycles. The van der Waals surface area contributed by atoms with Crippen LogP contribution in [-0.2, 0) is 6.54 Å². The highest BCUT2D eigenvalue weighted by atomic mass is 35.5. The first-order valence-corrected chi connectivity index (χ1v) is 6.25. The second-order valence-electron chi connectivity index (χ2n) is 4.19. The molecule has 0 radical (unpaired) electrons. The van der Waals surface area contributed by atoms with Crippen molar-refractivity contribution in [2.45, 2.75) is 25.6 Å². The fraction of sp³-hybridized carbons (Fsp3) is 0.417. The number of oxime groups is 1. The number of benzene rings is 1. The average molecular weight is 310 g/mol. The Balaban J connectivity index is 2.45. The zero-order valence-corrected chi connectivity index (χ0v) is 11.3. The third-order valence-electron chi connectivity index (χ3n) is 2.59. The Morgan fingerprint density at radius 2 is 2.10 bits per heavy atom. The highest BCUT2D eigenvalue weighted by molar-refractivity contribution is 6.31. The summed E-state index contributed by atoms with van der Waals surface area (Å²) in [6.45, 7) is 0.602. The largest absolute Gasteiger partial charge is 0.409 e. The molecule has 0 heterocycles. The number of halogens is 4. The van der Waals surface area contributed by atoms with E-state index in [4.69, 9.17) is 22.5 Å². The minimum atomic E-state index is -4.12. The molecule has 0 atom stereocenters. The molecular formula is C12H15ClF3N3O. The molecule has 0 fully saturated rings. The number of hydrogen-bond acceptors (Lipinski definition) is 3. The predicted molar refractivity (Wildman–Crippen MR) is 71.0 cm³/mol. The van der Waals surface area contributed by atoms with Crippen LogP contribution in [0.2, 0.25) is 5.02 Å². The van der Waals surface area contributed by atoms with Crippen molar-refractivity contribution in [3.8, 4) is 0 Å². The van der Waals surface area contributed by atoms with Crippen molar-refractivity contribution >= 4 is 17.4 Å². The van der Waals surface area contributed by atoms with Crippen molar-refractivity contribution in [2.24, 2.45) is 10.9 Å². The van der Waals surface area contributed by atoms with Gasteiger partial charge in [0.05, 0.1) is 0 Å². The lowest BCUT2D eigenvalue weighted by atomic mass is 10.1. The Morgan fingerprint density at radius 3 is 2.65 bits per heavy atom. The van der Waals surface area contributed by atoms with E-state index in [1.54, 1.807) is 12.1 Å². The summed E-state index contributed by atoms with van der Waals surface area (Å²) in [4.78, 5) is 0. The summed E-state index contributed by atoms with van der Waals surface area (Å²) in [6.07, 6.45) is -4.92. The summed E-state index contributed by atoms with van der Waals surface area (Å²) in [5.74, 6) is -0.0587. The summed E-state index contributed by atoms with van der Waals surface area (Å²) >= 11 is 6.00. The standard InChI is InChI=1S/C12H15ClF3N3O/c13-10-6-8(11(17)19-20)2-3-9(10)7-18-5-1-4-12(14,15)16/h2-3,6,18,20H,1,4-5,7H2,(H2,17,19). The third kappa shape index (κ3) is 5.66. The Kier molecular flexibility index (Phi) is 6.09. The monoisotopic (exact) mass is 309 g/mol. The molecule has 1 aromatic carbocycles. The van der Waals surface area contributed by atoms with Gasteiger partial charge < -0.3 is 16.3 Å². The van der Waals surface area contributed by atoms with E-state index in [0.717, 1.165) is 5.56 Å². The lowest BCUT2D eigenvalue weighted by Gasteiger charge is -2.09. The van der Waals surface area contributed by atoms with Crippen LogP contribution in [-0.4, -0.2) is 23.8 Å². The van der Waals surface area contributed by atoms with Gasteiger partial charge in [-0.1, -0.05) is 28.9 Å². The summed E-state index contributed by atoms with van der Waals surface area (Å²) in [7, 11) is 0. The number of nitrogens with one attached hydrogen (secondary N) is 1. The van der Waals surface area contributed by atoms with Gasteiger partial charge in [0.25, 0.3) is 0 Å². The van der Waals surface area contributed by atoms with Crippen LogP contribution in [0.3, 0.4) is 0 Å². The third-order valence-corrected chi connectivity index (χ3v) is 2.94. The van der Waals surface area contributed by atoms with E-state index < -0.39 is 12.6 Å². The van der Waals surface area contributed by atoms with Crippen LogP contribution < -0.4 is 11.1 Å². The summed E-state index contributed by atoms with van der Waals surface area (Å²) in [5, 5.41) is 14.7. The maximum atomic E-state index is 11.9. The summed E-state index contributed by atoms with van der Waals surface area (Å²) in [6, 6.07) is 4.82. The van der Waals surface area contributed by atoms with Gasteiger partial charge in [-0.15, -0.1) is 0 Å². The van der Waals surface area contributed by atoms with Gasteiger partial charge in [0, 0.05) is 23.6 Å². The fourth-order valence-electron chi connectivity index (χ4n) is 1.54. The fourth-order valence-corrected chi connectivity index (χ4v) is 1.79. The SMILES string of the molecule is N/C(=N/O)c1ccc(CNCCCC(F)(F)F)c(Cl)c1. The second kappa shape index (κ2) is 7.35. The Morgan fingerprint density at radius 1 is 1.40 bits per heavy atom. The number of nitrogens with zero attached hydrogens (tertiary/aromatic N) is 1.